The zero-order valence-corrected chi connectivity index (χ0v) is 13.9. The van der Waals surface area contributed by atoms with Crippen LogP contribution < -0.4 is 5.32 Å². The molecule has 112 valence electrons. The Hall–Kier alpha value is -1.54. The van der Waals surface area contributed by atoms with Crippen LogP contribution in [-0.4, -0.2) is 5.91 Å². The van der Waals surface area contributed by atoms with Crippen molar-refractivity contribution in [3.05, 3.63) is 49.8 Å². The predicted octanol–water partition coefficient (Wildman–Crippen LogP) is 5.06. The molecule has 1 aliphatic rings. The van der Waals surface area contributed by atoms with Gasteiger partial charge in [-0.2, -0.15) is 5.26 Å². The van der Waals surface area contributed by atoms with Crippen molar-refractivity contribution in [3.63, 3.8) is 0 Å². The summed E-state index contributed by atoms with van der Waals surface area (Å²) in [5.41, 5.74) is 2.08. The number of carbonyl (C=O) groups is 1. The van der Waals surface area contributed by atoms with E-state index in [1.165, 1.54) is 16.2 Å². The summed E-state index contributed by atoms with van der Waals surface area (Å²) >= 11 is 13.3. The lowest BCUT2D eigenvalue weighted by molar-refractivity contribution is 0.102. The van der Waals surface area contributed by atoms with Gasteiger partial charge in [0.25, 0.3) is 5.91 Å². The minimum Gasteiger partial charge on any atom is -0.312 e. The molecular formula is C16H12Cl2N2OS. The molecular weight excluding hydrogens is 339 g/mol. The summed E-state index contributed by atoms with van der Waals surface area (Å²) in [5.74, 6) is -0.306. The average Bonchev–Trinajstić information content (AvgIpc) is 2.83. The van der Waals surface area contributed by atoms with E-state index in [4.69, 9.17) is 23.2 Å². The van der Waals surface area contributed by atoms with Gasteiger partial charge in [0.1, 0.15) is 11.1 Å². The molecule has 2 aromatic rings. The third-order valence-corrected chi connectivity index (χ3v) is 5.28. The van der Waals surface area contributed by atoms with Crippen molar-refractivity contribution < 1.29 is 4.79 Å². The maximum absolute atomic E-state index is 12.4. The van der Waals surface area contributed by atoms with Crippen LogP contribution in [0.2, 0.25) is 10.0 Å². The molecule has 0 saturated carbocycles. The number of anilines is 1. The maximum atomic E-state index is 12.4. The van der Waals surface area contributed by atoms with Crippen molar-refractivity contribution in [2.24, 2.45) is 0 Å². The monoisotopic (exact) mass is 350 g/mol. The maximum Gasteiger partial charge on any atom is 0.256 e. The Morgan fingerprint density at radius 1 is 1.18 bits per heavy atom. The minimum atomic E-state index is -0.306. The van der Waals surface area contributed by atoms with Gasteiger partial charge < -0.3 is 5.32 Å². The van der Waals surface area contributed by atoms with E-state index in [2.05, 4.69) is 11.4 Å². The highest BCUT2D eigenvalue weighted by atomic mass is 35.5. The second-order valence-corrected chi connectivity index (χ2v) is 7.12. The van der Waals surface area contributed by atoms with Gasteiger partial charge in [-0.15, -0.1) is 11.3 Å². The molecule has 0 bridgehead atoms. The molecule has 1 heterocycles. The Labute approximate surface area is 142 Å². The number of carbonyl (C=O) groups excluding carboxylic acids is 1. The van der Waals surface area contributed by atoms with Crippen LogP contribution in [-0.2, 0) is 12.8 Å². The number of halogens is 2. The summed E-state index contributed by atoms with van der Waals surface area (Å²) in [6.45, 7) is 0. The Morgan fingerprint density at radius 2 is 1.86 bits per heavy atom. The zero-order chi connectivity index (χ0) is 15.7. The molecule has 0 atom stereocenters. The highest BCUT2D eigenvalue weighted by Crippen LogP contribution is 2.37. The fourth-order valence-corrected chi connectivity index (χ4v) is 4.39. The fraction of sp³-hybridized carbons (Fsp3) is 0.250. The van der Waals surface area contributed by atoms with Crippen LogP contribution in [0.3, 0.4) is 0 Å². The van der Waals surface area contributed by atoms with Crippen LogP contribution in [0.25, 0.3) is 0 Å². The minimum absolute atomic E-state index is 0.306. The number of benzene rings is 1. The molecule has 0 saturated heterocycles. The van der Waals surface area contributed by atoms with Crippen molar-refractivity contribution in [1.29, 1.82) is 5.26 Å². The Balaban J connectivity index is 1.91. The van der Waals surface area contributed by atoms with Crippen molar-refractivity contribution in [2.45, 2.75) is 25.7 Å². The molecule has 22 heavy (non-hydrogen) atoms. The first-order valence-electron chi connectivity index (χ1n) is 6.90. The van der Waals surface area contributed by atoms with E-state index in [1.807, 2.05) is 0 Å². The van der Waals surface area contributed by atoms with Crippen LogP contribution in [0.1, 0.15) is 39.2 Å². The molecule has 1 aromatic carbocycles. The quantitative estimate of drug-likeness (QED) is 0.822. The van der Waals surface area contributed by atoms with Gasteiger partial charge in [0, 0.05) is 20.5 Å². The van der Waals surface area contributed by atoms with Gasteiger partial charge in [-0.25, -0.2) is 0 Å². The lowest BCUT2D eigenvalue weighted by Crippen LogP contribution is -2.12. The number of hydrogen-bond donors (Lipinski definition) is 1. The number of rotatable bonds is 2. The van der Waals surface area contributed by atoms with Crippen molar-refractivity contribution >= 4 is 45.4 Å². The lowest BCUT2D eigenvalue weighted by atomic mass is 9.96. The van der Waals surface area contributed by atoms with Crippen molar-refractivity contribution in [1.82, 2.24) is 0 Å². The summed E-state index contributed by atoms with van der Waals surface area (Å²) in [6, 6.07) is 6.92. The molecule has 1 aromatic heterocycles. The zero-order valence-electron chi connectivity index (χ0n) is 11.6. The molecule has 0 fully saturated rings. The van der Waals surface area contributed by atoms with E-state index in [-0.39, 0.29) is 5.91 Å². The van der Waals surface area contributed by atoms with E-state index in [1.54, 1.807) is 18.2 Å². The Kier molecular flexibility index (Phi) is 4.39. The van der Waals surface area contributed by atoms with Crippen LogP contribution in [0.4, 0.5) is 5.00 Å². The summed E-state index contributed by atoms with van der Waals surface area (Å²) in [6.07, 6.45) is 4.12. The molecule has 3 nitrogen and oxygen atoms in total. The molecule has 0 unspecified atom stereocenters. The summed E-state index contributed by atoms with van der Waals surface area (Å²) in [7, 11) is 0. The normalized spacial score (nSPS) is 13.3. The molecule has 0 radical (unpaired) electrons. The van der Waals surface area contributed by atoms with E-state index in [9.17, 15) is 10.1 Å². The standard InChI is InChI=1S/C16H12Cl2N2OS/c17-10-5-9(6-11(18)7-10)15(21)20-16-13(8-19)12-3-1-2-4-14(12)22-16/h5-7H,1-4H2,(H,20,21). The summed E-state index contributed by atoms with van der Waals surface area (Å²) in [4.78, 5) is 13.6. The number of hydrogen-bond acceptors (Lipinski definition) is 3. The highest BCUT2D eigenvalue weighted by molar-refractivity contribution is 7.16. The molecule has 1 aliphatic carbocycles. The average molecular weight is 351 g/mol. The molecule has 3 rings (SSSR count). The summed E-state index contributed by atoms with van der Waals surface area (Å²) in [5, 5.41) is 13.7. The highest BCUT2D eigenvalue weighted by Gasteiger charge is 2.22. The van der Waals surface area contributed by atoms with Crippen LogP contribution >= 0.6 is 34.5 Å². The third kappa shape index (κ3) is 2.98. The number of nitrogens with one attached hydrogen (secondary N) is 1. The van der Waals surface area contributed by atoms with E-state index in [0.29, 0.717) is 26.2 Å². The molecule has 6 heteroatoms. The Morgan fingerprint density at radius 3 is 2.55 bits per heavy atom. The van der Waals surface area contributed by atoms with Gasteiger partial charge in [0.15, 0.2) is 0 Å². The summed E-state index contributed by atoms with van der Waals surface area (Å²) < 4.78 is 0. The predicted molar refractivity (Wildman–Crippen MR) is 90.1 cm³/mol. The molecule has 1 amide bonds. The number of nitrogens with zero attached hydrogens (tertiary/aromatic N) is 1. The van der Waals surface area contributed by atoms with Crippen LogP contribution in [0.15, 0.2) is 18.2 Å². The SMILES string of the molecule is N#Cc1c(NC(=O)c2cc(Cl)cc(Cl)c2)sc2c1CCCC2. The van der Waals surface area contributed by atoms with Gasteiger partial charge in [0.05, 0.1) is 5.56 Å². The number of aryl methyl sites for hydroxylation is 1. The first-order chi connectivity index (χ1) is 10.6. The Bertz CT molecular complexity index is 772. The number of amides is 1. The topological polar surface area (TPSA) is 52.9 Å². The molecule has 0 spiro atoms. The van der Waals surface area contributed by atoms with Gasteiger partial charge in [-0.1, -0.05) is 23.2 Å². The van der Waals surface area contributed by atoms with Crippen molar-refractivity contribution in [2.75, 3.05) is 5.32 Å². The second-order valence-electron chi connectivity index (χ2n) is 5.14. The largest absolute Gasteiger partial charge is 0.312 e. The van der Waals surface area contributed by atoms with Gasteiger partial charge >= 0.3 is 0 Å². The first kappa shape index (κ1) is 15.4. The van der Waals surface area contributed by atoms with Gasteiger partial charge in [-0.05, 0) is 49.4 Å². The van der Waals surface area contributed by atoms with E-state index < -0.39 is 0 Å². The van der Waals surface area contributed by atoms with Crippen LogP contribution in [0, 0.1) is 11.3 Å². The smallest absolute Gasteiger partial charge is 0.256 e. The third-order valence-electron chi connectivity index (χ3n) is 3.63. The molecule has 1 N–H and O–H groups in total. The first-order valence-corrected chi connectivity index (χ1v) is 8.48. The lowest BCUT2D eigenvalue weighted by Gasteiger charge is -2.09. The van der Waals surface area contributed by atoms with Gasteiger partial charge in [-0.3, -0.25) is 4.79 Å². The molecule has 0 aliphatic heterocycles. The number of nitriles is 1. The number of thiophene rings is 1. The van der Waals surface area contributed by atoms with Gasteiger partial charge in [0.2, 0.25) is 0 Å². The van der Waals surface area contributed by atoms with E-state index in [0.717, 1.165) is 31.2 Å². The van der Waals surface area contributed by atoms with E-state index >= 15 is 0 Å². The number of fused-ring (bicyclic) bond motifs is 1. The fourth-order valence-electron chi connectivity index (χ4n) is 2.63. The second kappa shape index (κ2) is 6.29. The van der Waals surface area contributed by atoms with Crippen LogP contribution in [0.5, 0.6) is 0 Å². The van der Waals surface area contributed by atoms with Crippen molar-refractivity contribution in [3.8, 4) is 6.07 Å².